The van der Waals surface area contributed by atoms with Crippen LogP contribution in [-0.4, -0.2) is 9.55 Å². The molecule has 0 unspecified atom stereocenters. The molecule has 0 aliphatic carbocycles. The molecule has 0 radical (unpaired) electrons. The highest BCUT2D eigenvalue weighted by molar-refractivity contribution is 7.71. The summed E-state index contributed by atoms with van der Waals surface area (Å²) < 4.78 is 2.64. The summed E-state index contributed by atoms with van der Waals surface area (Å²) in [5.74, 6) is 0. The van der Waals surface area contributed by atoms with E-state index < -0.39 is 0 Å². The molecule has 3 rings (SSSR count). The second-order valence-corrected chi connectivity index (χ2v) is 5.29. The molecule has 0 bridgehead atoms. The smallest absolute Gasteiger partial charge is 0.182 e. The Bertz CT molecular complexity index is 910. The Morgan fingerprint density at radius 3 is 2.70 bits per heavy atom. The fourth-order valence-corrected chi connectivity index (χ4v) is 2.68. The van der Waals surface area contributed by atoms with Crippen molar-refractivity contribution < 1.29 is 0 Å². The third-order valence-corrected chi connectivity index (χ3v) is 3.70. The van der Waals surface area contributed by atoms with E-state index in [1.54, 1.807) is 0 Å². The second kappa shape index (κ2) is 4.62. The van der Waals surface area contributed by atoms with Crippen molar-refractivity contribution in [3.05, 3.63) is 57.9 Å². The largest absolute Gasteiger partial charge is 0.330 e. The molecule has 1 heterocycles. The van der Waals surface area contributed by atoms with E-state index in [1.165, 1.54) is 5.56 Å². The van der Waals surface area contributed by atoms with Crippen LogP contribution in [-0.2, 0) is 0 Å². The van der Waals surface area contributed by atoms with Crippen molar-refractivity contribution in [3.8, 4) is 11.8 Å². The van der Waals surface area contributed by atoms with Gasteiger partial charge in [0.1, 0.15) is 0 Å². The van der Waals surface area contributed by atoms with Gasteiger partial charge in [0.25, 0.3) is 0 Å². The minimum atomic E-state index is 0.634. The molecular formula is C16H13N3S. The first-order chi connectivity index (χ1) is 9.60. The summed E-state index contributed by atoms with van der Waals surface area (Å²) in [4.78, 5) is 3.21. The fraction of sp³-hybridized carbons (Fsp3) is 0.125. The van der Waals surface area contributed by atoms with Crippen LogP contribution >= 0.6 is 12.2 Å². The van der Waals surface area contributed by atoms with E-state index in [0.717, 1.165) is 22.3 Å². The van der Waals surface area contributed by atoms with Crippen molar-refractivity contribution in [1.29, 1.82) is 5.26 Å². The van der Waals surface area contributed by atoms with Gasteiger partial charge in [0.15, 0.2) is 4.77 Å². The average molecular weight is 279 g/mol. The van der Waals surface area contributed by atoms with Gasteiger partial charge in [0.05, 0.1) is 28.4 Å². The van der Waals surface area contributed by atoms with Crippen molar-refractivity contribution in [2.45, 2.75) is 13.8 Å². The van der Waals surface area contributed by atoms with Crippen molar-refractivity contribution >= 4 is 23.3 Å². The highest BCUT2D eigenvalue weighted by Gasteiger charge is 2.09. The maximum absolute atomic E-state index is 9.08. The van der Waals surface area contributed by atoms with E-state index in [0.29, 0.717) is 10.3 Å². The van der Waals surface area contributed by atoms with Gasteiger partial charge in [-0.25, -0.2) is 0 Å². The van der Waals surface area contributed by atoms with Gasteiger partial charge in [-0.05, 0) is 61.5 Å². The third-order valence-electron chi connectivity index (χ3n) is 3.42. The van der Waals surface area contributed by atoms with Crippen molar-refractivity contribution in [2.75, 3.05) is 0 Å². The molecule has 98 valence electrons. The lowest BCUT2D eigenvalue weighted by atomic mass is 10.1. The van der Waals surface area contributed by atoms with Gasteiger partial charge in [-0.3, -0.25) is 4.57 Å². The van der Waals surface area contributed by atoms with E-state index in [-0.39, 0.29) is 0 Å². The van der Waals surface area contributed by atoms with Gasteiger partial charge in [0.2, 0.25) is 0 Å². The Hall–Kier alpha value is -2.38. The van der Waals surface area contributed by atoms with E-state index in [1.807, 2.05) is 35.8 Å². The molecule has 0 atom stereocenters. The Labute approximate surface area is 122 Å². The van der Waals surface area contributed by atoms with Crippen LogP contribution in [0.15, 0.2) is 36.4 Å². The number of hydrogen-bond donors (Lipinski definition) is 1. The number of hydrogen-bond acceptors (Lipinski definition) is 2. The molecule has 0 saturated carbocycles. The van der Waals surface area contributed by atoms with Crippen LogP contribution in [0.4, 0.5) is 0 Å². The van der Waals surface area contributed by atoms with Crippen LogP contribution in [0.2, 0.25) is 0 Å². The number of aromatic amines is 1. The molecule has 0 saturated heterocycles. The molecule has 1 N–H and O–H groups in total. The zero-order valence-corrected chi connectivity index (χ0v) is 12.1. The van der Waals surface area contributed by atoms with Gasteiger partial charge in [-0.15, -0.1) is 0 Å². The summed E-state index contributed by atoms with van der Waals surface area (Å²) in [5.41, 5.74) is 5.88. The first-order valence-corrected chi connectivity index (χ1v) is 6.73. The van der Waals surface area contributed by atoms with E-state index >= 15 is 0 Å². The number of fused-ring (bicyclic) bond motifs is 1. The topological polar surface area (TPSA) is 44.5 Å². The summed E-state index contributed by atoms with van der Waals surface area (Å²) in [6.07, 6.45) is 0. The van der Waals surface area contributed by atoms with Crippen molar-refractivity contribution in [1.82, 2.24) is 9.55 Å². The van der Waals surface area contributed by atoms with Gasteiger partial charge in [-0.1, -0.05) is 12.1 Å². The molecule has 4 heteroatoms. The van der Waals surface area contributed by atoms with Crippen LogP contribution in [0.5, 0.6) is 0 Å². The second-order valence-electron chi connectivity index (χ2n) is 4.90. The highest BCUT2D eigenvalue weighted by atomic mass is 32.1. The minimum absolute atomic E-state index is 0.634. The molecule has 3 aromatic rings. The Morgan fingerprint density at radius 1 is 1.15 bits per heavy atom. The van der Waals surface area contributed by atoms with Gasteiger partial charge >= 0.3 is 0 Å². The molecule has 0 amide bonds. The normalized spacial score (nSPS) is 10.7. The molecule has 0 aliphatic heterocycles. The van der Waals surface area contributed by atoms with Crippen LogP contribution < -0.4 is 0 Å². The van der Waals surface area contributed by atoms with Crippen LogP contribution in [0, 0.1) is 29.9 Å². The quantitative estimate of drug-likeness (QED) is 0.679. The van der Waals surface area contributed by atoms with Crippen LogP contribution in [0.25, 0.3) is 16.7 Å². The number of aryl methyl sites for hydroxylation is 2. The summed E-state index contributed by atoms with van der Waals surface area (Å²) in [6.45, 7) is 4.07. The summed E-state index contributed by atoms with van der Waals surface area (Å²) in [6, 6.07) is 14.0. The number of nitrogens with zero attached hydrogens (tertiary/aromatic N) is 2. The van der Waals surface area contributed by atoms with E-state index in [4.69, 9.17) is 17.5 Å². The molecule has 1 aromatic heterocycles. The number of benzene rings is 2. The Balaban J connectivity index is 2.40. The monoisotopic (exact) mass is 279 g/mol. The van der Waals surface area contributed by atoms with E-state index in [9.17, 15) is 0 Å². The number of rotatable bonds is 1. The maximum Gasteiger partial charge on any atom is 0.182 e. The minimum Gasteiger partial charge on any atom is -0.330 e. The Morgan fingerprint density at radius 2 is 1.95 bits per heavy atom. The number of aromatic nitrogens is 2. The zero-order valence-electron chi connectivity index (χ0n) is 11.3. The predicted molar refractivity (Wildman–Crippen MR) is 82.6 cm³/mol. The first-order valence-electron chi connectivity index (χ1n) is 6.32. The SMILES string of the molecule is Cc1ccc2[nH]c(=S)n(-c3cc(C#N)ccc3C)c2c1. The van der Waals surface area contributed by atoms with Crippen LogP contribution in [0.1, 0.15) is 16.7 Å². The number of imidazole rings is 1. The maximum atomic E-state index is 9.08. The summed E-state index contributed by atoms with van der Waals surface area (Å²) in [5, 5.41) is 9.08. The van der Waals surface area contributed by atoms with Crippen molar-refractivity contribution in [2.24, 2.45) is 0 Å². The molecular weight excluding hydrogens is 266 g/mol. The molecule has 0 fully saturated rings. The lowest BCUT2D eigenvalue weighted by molar-refractivity contribution is 1.05. The molecule has 3 nitrogen and oxygen atoms in total. The molecule has 0 aliphatic rings. The standard InChI is InChI=1S/C16H13N3S/c1-10-3-6-13-15(7-10)19(16(20)18-13)14-8-12(9-17)5-4-11(14)2/h3-8H,1-2H3,(H,18,20). The number of nitrogens with one attached hydrogen (secondary N) is 1. The van der Waals surface area contributed by atoms with Gasteiger partial charge < -0.3 is 4.98 Å². The lowest BCUT2D eigenvalue weighted by Crippen LogP contribution is -1.98. The summed E-state index contributed by atoms with van der Waals surface area (Å²) in [7, 11) is 0. The molecule has 20 heavy (non-hydrogen) atoms. The predicted octanol–water partition coefficient (Wildman–Crippen LogP) is 4.18. The Kier molecular flexibility index (Phi) is 2.92. The van der Waals surface area contributed by atoms with E-state index in [2.05, 4.69) is 30.1 Å². The molecule has 0 spiro atoms. The lowest BCUT2D eigenvalue weighted by Gasteiger charge is -2.09. The van der Waals surface area contributed by atoms with Crippen molar-refractivity contribution in [3.63, 3.8) is 0 Å². The molecule has 2 aromatic carbocycles. The number of nitriles is 1. The van der Waals surface area contributed by atoms with Gasteiger partial charge in [0, 0.05) is 0 Å². The third kappa shape index (κ3) is 1.93. The summed E-state index contributed by atoms with van der Waals surface area (Å²) >= 11 is 5.44. The number of H-pyrrole nitrogens is 1. The van der Waals surface area contributed by atoms with Crippen LogP contribution in [0.3, 0.4) is 0 Å². The van der Waals surface area contributed by atoms with Gasteiger partial charge in [-0.2, -0.15) is 5.26 Å². The highest BCUT2D eigenvalue weighted by Crippen LogP contribution is 2.23. The first kappa shape index (κ1) is 12.6. The zero-order chi connectivity index (χ0) is 14.3. The average Bonchev–Trinajstić information content (AvgIpc) is 2.75. The fourth-order valence-electron chi connectivity index (χ4n) is 2.37.